The van der Waals surface area contributed by atoms with Crippen molar-refractivity contribution in [2.75, 3.05) is 14.2 Å². The molecule has 0 N–H and O–H groups in total. The number of ether oxygens (including phenoxy) is 2. The number of carbonyl (C=O) groups is 1. The summed E-state index contributed by atoms with van der Waals surface area (Å²) in [6.45, 7) is 21.5. The van der Waals surface area contributed by atoms with Crippen LogP contribution < -0.4 is 0 Å². The fraction of sp³-hybridized carbons (Fsp3) is 0.780. The van der Waals surface area contributed by atoms with E-state index in [2.05, 4.69) is 46.8 Å². The van der Waals surface area contributed by atoms with Crippen molar-refractivity contribution in [2.24, 2.45) is 40.4 Å². The zero-order chi connectivity index (χ0) is 38.1. The molecule has 0 saturated heterocycles. The molecular formula is C41H68O7S2. The van der Waals surface area contributed by atoms with Gasteiger partial charge in [-0.05, 0) is 133 Å². The largest absolute Gasteiger partial charge is 0.487 e. The van der Waals surface area contributed by atoms with Gasteiger partial charge in [-0.25, -0.2) is 16.8 Å². The molecule has 0 amide bonds. The standard InChI is InChI=1S/C21H36O3S.C20H32O4S/c1-15-9-8-14-21(6)17(15)11-12-18(21)16(2)10-13-19(24-7)25(22,23)20(3,4)5;1-14(9-12-18(24-6)25(22,23)19(2,3)4)15-10-11-16-17(21)8-7-13-20(15,16)5/h12-13,15-17H,8-11,14H2,1-7H3;10,12,14,16H,7-9,11,13H2,1-6H3/b19-13-;18-12-/t15-,16+,17-,21-;14-,16+,20-/m01/s1. The minimum atomic E-state index is -3.49. The van der Waals surface area contributed by atoms with Crippen LogP contribution in [0.15, 0.2) is 45.6 Å². The van der Waals surface area contributed by atoms with E-state index in [0.717, 1.165) is 31.1 Å². The zero-order valence-corrected chi connectivity index (χ0v) is 35.1. The maximum absolute atomic E-state index is 12.6. The van der Waals surface area contributed by atoms with Gasteiger partial charge in [0.15, 0.2) is 0 Å². The van der Waals surface area contributed by atoms with Gasteiger partial charge in [0.05, 0.1) is 23.7 Å². The Morgan fingerprint density at radius 1 is 0.800 bits per heavy atom. The molecule has 9 heteroatoms. The van der Waals surface area contributed by atoms with E-state index in [0.29, 0.717) is 36.4 Å². The molecule has 2 saturated carbocycles. The second-order valence-electron chi connectivity index (χ2n) is 17.9. The summed E-state index contributed by atoms with van der Waals surface area (Å²) >= 11 is 0. The molecule has 0 aliphatic heterocycles. The molecule has 0 radical (unpaired) electrons. The summed E-state index contributed by atoms with van der Waals surface area (Å²) in [5, 5.41) is 0.163. The quantitative estimate of drug-likeness (QED) is 0.162. The van der Waals surface area contributed by atoms with Crippen molar-refractivity contribution >= 4 is 25.5 Å². The molecule has 0 spiro atoms. The predicted octanol–water partition coefficient (Wildman–Crippen LogP) is 9.91. The Labute approximate surface area is 305 Å². The Morgan fingerprint density at radius 2 is 1.24 bits per heavy atom. The minimum absolute atomic E-state index is 0.0480. The summed E-state index contributed by atoms with van der Waals surface area (Å²) in [7, 11) is -4.06. The minimum Gasteiger partial charge on any atom is -0.487 e. The lowest BCUT2D eigenvalue weighted by atomic mass is 9.60. The van der Waals surface area contributed by atoms with E-state index >= 15 is 0 Å². The van der Waals surface area contributed by atoms with Crippen molar-refractivity contribution in [3.05, 3.63) is 45.6 Å². The van der Waals surface area contributed by atoms with Crippen LogP contribution in [0.2, 0.25) is 0 Å². The maximum Gasteiger partial charge on any atom is 0.215 e. The van der Waals surface area contributed by atoms with Gasteiger partial charge >= 0.3 is 0 Å². The Morgan fingerprint density at radius 3 is 1.70 bits per heavy atom. The fourth-order valence-electron chi connectivity index (χ4n) is 9.23. The topological polar surface area (TPSA) is 104 Å². The van der Waals surface area contributed by atoms with E-state index in [4.69, 9.17) is 9.47 Å². The Bertz CT molecular complexity index is 1580. The maximum atomic E-state index is 12.6. The van der Waals surface area contributed by atoms with Crippen molar-refractivity contribution in [1.82, 2.24) is 0 Å². The van der Waals surface area contributed by atoms with Crippen LogP contribution in [-0.4, -0.2) is 46.3 Å². The summed E-state index contributed by atoms with van der Waals surface area (Å²) in [6.07, 6.45) is 18.1. The van der Waals surface area contributed by atoms with Crippen LogP contribution in [-0.2, 0) is 33.9 Å². The van der Waals surface area contributed by atoms with Crippen LogP contribution >= 0.6 is 0 Å². The number of sulfone groups is 2. The first-order chi connectivity index (χ1) is 22.9. The Kier molecular flexibility index (Phi) is 13.3. The molecule has 7 nitrogen and oxygen atoms in total. The van der Waals surface area contributed by atoms with Gasteiger partial charge in [-0.3, -0.25) is 4.79 Å². The third kappa shape index (κ3) is 8.34. The second kappa shape index (κ2) is 15.6. The van der Waals surface area contributed by atoms with Crippen LogP contribution in [0.3, 0.4) is 0 Å². The van der Waals surface area contributed by atoms with Crippen molar-refractivity contribution in [3.8, 4) is 0 Å². The fourth-order valence-corrected chi connectivity index (χ4v) is 11.5. The molecule has 50 heavy (non-hydrogen) atoms. The third-order valence-electron chi connectivity index (χ3n) is 12.5. The molecule has 0 aromatic carbocycles. The highest BCUT2D eigenvalue weighted by atomic mass is 32.2. The van der Waals surface area contributed by atoms with Gasteiger partial charge < -0.3 is 9.47 Å². The highest BCUT2D eigenvalue weighted by molar-refractivity contribution is 7.96. The van der Waals surface area contributed by atoms with Gasteiger partial charge in [-0.1, -0.05) is 70.8 Å². The molecule has 286 valence electrons. The molecule has 0 aromatic heterocycles. The molecule has 2 fully saturated rings. The number of carbonyl (C=O) groups excluding carboxylic acids is 1. The summed E-state index contributed by atoms with van der Waals surface area (Å²) in [4.78, 5) is 12.3. The van der Waals surface area contributed by atoms with E-state index in [-0.39, 0.29) is 27.4 Å². The number of Topliss-reactive ketones (excluding diaryl/α,β-unsaturated/α-hetero) is 1. The molecule has 4 rings (SSSR count). The van der Waals surface area contributed by atoms with Crippen molar-refractivity contribution in [2.45, 2.75) is 150 Å². The zero-order valence-electron chi connectivity index (χ0n) is 33.4. The van der Waals surface area contributed by atoms with Gasteiger partial charge in [0, 0.05) is 12.3 Å². The SMILES string of the molecule is CO/C(=C/C[C@@H](C)C1=CC[C@H]2C(=O)CCC[C@]12C)S(=O)(=O)C(C)(C)C.CO/C(=C/C[C@@H](C)C1=CC[C@H]2[C@@H](C)CCC[C@]12C)S(=O)(=O)C(C)(C)C. The smallest absolute Gasteiger partial charge is 0.215 e. The molecule has 4 aliphatic carbocycles. The monoisotopic (exact) mass is 736 g/mol. The third-order valence-corrected chi connectivity index (χ3v) is 17.5. The first-order valence-corrected chi connectivity index (χ1v) is 21.8. The normalized spacial score (nSPS) is 30.7. The summed E-state index contributed by atoms with van der Waals surface area (Å²) in [6, 6.07) is 0. The molecule has 0 aromatic rings. The van der Waals surface area contributed by atoms with Gasteiger partial charge in [-0.15, -0.1) is 0 Å². The van der Waals surface area contributed by atoms with Crippen LogP contribution in [0.4, 0.5) is 0 Å². The van der Waals surface area contributed by atoms with E-state index in [9.17, 15) is 21.6 Å². The summed E-state index contributed by atoms with van der Waals surface area (Å²) in [5.41, 5.74) is 3.08. The lowest BCUT2D eigenvalue weighted by molar-refractivity contribution is -0.128. The number of fused-ring (bicyclic) bond motifs is 2. The second-order valence-corrected chi connectivity index (χ2v) is 23.2. The van der Waals surface area contributed by atoms with Crippen LogP contribution in [0.25, 0.3) is 0 Å². The van der Waals surface area contributed by atoms with E-state index in [1.807, 2.05) is 0 Å². The van der Waals surface area contributed by atoms with Crippen LogP contribution in [0.1, 0.15) is 140 Å². The molecule has 7 atom stereocenters. The average molecular weight is 737 g/mol. The molecule has 0 bridgehead atoms. The molecular weight excluding hydrogens is 669 g/mol. The van der Waals surface area contributed by atoms with Crippen LogP contribution in [0.5, 0.6) is 0 Å². The average Bonchev–Trinajstić information content (AvgIpc) is 3.55. The molecule has 4 aliphatic rings. The van der Waals surface area contributed by atoms with E-state index < -0.39 is 29.2 Å². The van der Waals surface area contributed by atoms with E-state index in [1.54, 1.807) is 53.7 Å². The first-order valence-electron chi connectivity index (χ1n) is 18.8. The summed E-state index contributed by atoms with van der Waals surface area (Å²) < 4.78 is 59.2. The number of methoxy groups -OCH3 is 2. The number of hydrogen-bond acceptors (Lipinski definition) is 7. The van der Waals surface area contributed by atoms with E-state index in [1.165, 1.54) is 51.0 Å². The lowest BCUT2D eigenvalue weighted by Crippen LogP contribution is -2.36. The molecule has 0 heterocycles. The summed E-state index contributed by atoms with van der Waals surface area (Å²) in [5.74, 6) is 2.58. The van der Waals surface area contributed by atoms with Crippen molar-refractivity contribution < 1.29 is 31.1 Å². The van der Waals surface area contributed by atoms with Crippen LogP contribution in [0, 0.1) is 40.4 Å². The lowest BCUT2D eigenvalue weighted by Gasteiger charge is -2.44. The van der Waals surface area contributed by atoms with Gasteiger partial charge in [-0.2, -0.15) is 0 Å². The Hall–Kier alpha value is -1.87. The van der Waals surface area contributed by atoms with Crippen molar-refractivity contribution in [1.29, 1.82) is 0 Å². The number of hydrogen-bond donors (Lipinski definition) is 0. The number of allylic oxidation sites excluding steroid dienone is 6. The Balaban J connectivity index is 0.000000270. The highest BCUT2D eigenvalue weighted by Gasteiger charge is 2.48. The van der Waals surface area contributed by atoms with Gasteiger partial charge in [0.1, 0.15) is 5.78 Å². The molecule has 0 unspecified atom stereocenters. The van der Waals surface area contributed by atoms with Gasteiger partial charge in [0.2, 0.25) is 29.9 Å². The highest BCUT2D eigenvalue weighted by Crippen LogP contribution is 2.57. The first kappa shape index (κ1) is 42.5. The number of rotatable bonds is 10. The van der Waals surface area contributed by atoms with Gasteiger partial charge in [0.25, 0.3) is 0 Å². The predicted molar refractivity (Wildman–Crippen MR) is 206 cm³/mol. The van der Waals surface area contributed by atoms with Crippen molar-refractivity contribution in [3.63, 3.8) is 0 Å². The number of ketones is 1.